The second kappa shape index (κ2) is 4.88. The van der Waals surface area contributed by atoms with Crippen molar-refractivity contribution < 1.29 is 9.90 Å². The standard InChI is InChI=1S/C15H16N2O2/c18-15(19)13-10-17(12-8-4-5-9-12)16-14(13)11-6-2-1-3-7-11/h1-3,6-7,10,12H,4-5,8-9H2,(H,18,19). The van der Waals surface area contributed by atoms with Crippen molar-refractivity contribution >= 4 is 5.97 Å². The van der Waals surface area contributed by atoms with E-state index in [4.69, 9.17) is 0 Å². The zero-order valence-corrected chi connectivity index (χ0v) is 10.6. The zero-order valence-electron chi connectivity index (χ0n) is 10.6. The number of aromatic carboxylic acids is 1. The molecule has 1 aliphatic carbocycles. The lowest BCUT2D eigenvalue weighted by Gasteiger charge is -2.08. The van der Waals surface area contributed by atoms with Gasteiger partial charge in [-0.15, -0.1) is 0 Å². The largest absolute Gasteiger partial charge is 0.478 e. The van der Waals surface area contributed by atoms with E-state index in [-0.39, 0.29) is 5.56 Å². The average molecular weight is 256 g/mol. The second-order valence-electron chi connectivity index (χ2n) is 4.98. The van der Waals surface area contributed by atoms with Crippen molar-refractivity contribution in [2.45, 2.75) is 31.7 Å². The average Bonchev–Trinajstić information content (AvgIpc) is 3.08. The van der Waals surface area contributed by atoms with Gasteiger partial charge in [-0.3, -0.25) is 4.68 Å². The van der Waals surface area contributed by atoms with Crippen LogP contribution in [0.25, 0.3) is 11.3 Å². The summed E-state index contributed by atoms with van der Waals surface area (Å²) >= 11 is 0. The van der Waals surface area contributed by atoms with Crippen molar-refractivity contribution in [1.82, 2.24) is 9.78 Å². The minimum atomic E-state index is -0.914. The lowest BCUT2D eigenvalue weighted by atomic mass is 10.1. The van der Waals surface area contributed by atoms with E-state index in [1.807, 2.05) is 35.0 Å². The number of carboxylic acids is 1. The van der Waals surface area contributed by atoms with Crippen molar-refractivity contribution in [2.75, 3.05) is 0 Å². The fourth-order valence-corrected chi connectivity index (χ4v) is 2.71. The number of carbonyl (C=O) groups is 1. The molecule has 1 aromatic carbocycles. The topological polar surface area (TPSA) is 55.1 Å². The summed E-state index contributed by atoms with van der Waals surface area (Å²) in [4.78, 5) is 11.4. The summed E-state index contributed by atoms with van der Waals surface area (Å²) in [6.45, 7) is 0. The van der Waals surface area contributed by atoms with Crippen molar-refractivity contribution in [3.8, 4) is 11.3 Å². The van der Waals surface area contributed by atoms with E-state index in [9.17, 15) is 9.90 Å². The molecule has 4 nitrogen and oxygen atoms in total. The van der Waals surface area contributed by atoms with Gasteiger partial charge in [0.15, 0.2) is 0 Å². The number of hydrogen-bond acceptors (Lipinski definition) is 2. The molecule has 0 spiro atoms. The molecule has 0 amide bonds. The molecule has 1 N–H and O–H groups in total. The Bertz CT molecular complexity index is 583. The molecule has 3 rings (SSSR count). The van der Waals surface area contributed by atoms with Gasteiger partial charge in [-0.25, -0.2) is 4.79 Å². The number of benzene rings is 1. The third kappa shape index (κ3) is 2.26. The van der Waals surface area contributed by atoms with Gasteiger partial charge in [0.25, 0.3) is 0 Å². The van der Waals surface area contributed by atoms with Crippen LogP contribution in [0.1, 0.15) is 42.1 Å². The van der Waals surface area contributed by atoms with Crippen LogP contribution in [0.4, 0.5) is 0 Å². The van der Waals surface area contributed by atoms with Crippen LogP contribution in [0.5, 0.6) is 0 Å². The van der Waals surface area contributed by atoms with Crippen LogP contribution in [-0.2, 0) is 0 Å². The predicted octanol–water partition coefficient (Wildman–Crippen LogP) is 3.36. The molecule has 0 saturated heterocycles. The van der Waals surface area contributed by atoms with Crippen LogP contribution in [0.3, 0.4) is 0 Å². The summed E-state index contributed by atoms with van der Waals surface area (Å²) in [6.07, 6.45) is 6.27. The molecule has 19 heavy (non-hydrogen) atoms. The number of rotatable bonds is 3. The zero-order chi connectivity index (χ0) is 13.2. The maximum atomic E-state index is 11.4. The molecule has 98 valence electrons. The highest BCUT2D eigenvalue weighted by atomic mass is 16.4. The molecule has 1 aliphatic rings. The second-order valence-corrected chi connectivity index (χ2v) is 4.98. The van der Waals surface area contributed by atoms with E-state index < -0.39 is 5.97 Å². The fraction of sp³-hybridized carbons (Fsp3) is 0.333. The van der Waals surface area contributed by atoms with Gasteiger partial charge < -0.3 is 5.11 Å². The monoisotopic (exact) mass is 256 g/mol. The van der Waals surface area contributed by atoms with Gasteiger partial charge in [0.05, 0.1) is 6.04 Å². The van der Waals surface area contributed by atoms with Crippen LogP contribution >= 0.6 is 0 Å². The first-order valence-corrected chi connectivity index (χ1v) is 6.63. The van der Waals surface area contributed by atoms with E-state index >= 15 is 0 Å². The van der Waals surface area contributed by atoms with Gasteiger partial charge in [0.2, 0.25) is 0 Å². The highest BCUT2D eigenvalue weighted by molar-refractivity contribution is 5.94. The number of hydrogen-bond donors (Lipinski definition) is 1. The lowest BCUT2D eigenvalue weighted by molar-refractivity contribution is 0.0697. The Kier molecular flexibility index (Phi) is 3.07. The van der Waals surface area contributed by atoms with Gasteiger partial charge in [-0.1, -0.05) is 43.2 Å². The molecule has 0 bridgehead atoms. The van der Waals surface area contributed by atoms with E-state index in [1.54, 1.807) is 6.20 Å². The van der Waals surface area contributed by atoms with Crippen molar-refractivity contribution in [2.24, 2.45) is 0 Å². The summed E-state index contributed by atoms with van der Waals surface area (Å²) in [6, 6.07) is 9.86. The third-order valence-corrected chi connectivity index (χ3v) is 3.71. The Morgan fingerprint density at radius 2 is 1.89 bits per heavy atom. The number of aromatic nitrogens is 2. The molecule has 0 aliphatic heterocycles. The van der Waals surface area contributed by atoms with Gasteiger partial charge in [0.1, 0.15) is 11.3 Å². The summed E-state index contributed by atoms with van der Waals surface area (Å²) in [5.74, 6) is -0.914. The smallest absolute Gasteiger partial charge is 0.339 e. The quantitative estimate of drug-likeness (QED) is 0.916. The minimum absolute atomic E-state index is 0.290. The number of nitrogens with zero attached hydrogens (tertiary/aromatic N) is 2. The van der Waals surface area contributed by atoms with E-state index in [0.29, 0.717) is 11.7 Å². The first-order valence-electron chi connectivity index (χ1n) is 6.63. The van der Waals surface area contributed by atoms with Crippen LogP contribution in [-0.4, -0.2) is 20.9 Å². The predicted molar refractivity (Wildman–Crippen MR) is 72.1 cm³/mol. The van der Waals surface area contributed by atoms with Crippen LogP contribution in [0.2, 0.25) is 0 Å². The molecule has 1 heterocycles. The molecule has 1 fully saturated rings. The first-order chi connectivity index (χ1) is 9.25. The lowest BCUT2D eigenvalue weighted by Crippen LogP contribution is -2.05. The van der Waals surface area contributed by atoms with E-state index in [2.05, 4.69) is 5.10 Å². The molecule has 2 aromatic rings. The molecule has 1 aromatic heterocycles. The van der Waals surface area contributed by atoms with Crippen LogP contribution < -0.4 is 0 Å². The maximum absolute atomic E-state index is 11.4. The molecule has 4 heteroatoms. The Morgan fingerprint density at radius 3 is 2.53 bits per heavy atom. The maximum Gasteiger partial charge on any atom is 0.339 e. The summed E-state index contributed by atoms with van der Waals surface area (Å²) < 4.78 is 1.85. The van der Waals surface area contributed by atoms with Gasteiger partial charge in [-0.2, -0.15) is 5.10 Å². The number of carboxylic acid groups (broad SMARTS) is 1. The summed E-state index contributed by atoms with van der Waals surface area (Å²) in [5.41, 5.74) is 1.72. The van der Waals surface area contributed by atoms with Gasteiger partial charge >= 0.3 is 5.97 Å². The summed E-state index contributed by atoms with van der Waals surface area (Å²) in [7, 11) is 0. The Morgan fingerprint density at radius 1 is 1.21 bits per heavy atom. The Hall–Kier alpha value is -2.10. The molecular weight excluding hydrogens is 240 g/mol. The van der Waals surface area contributed by atoms with Crippen molar-refractivity contribution in [3.63, 3.8) is 0 Å². The Labute approximate surface area is 111 Å². The highest BCUT2D eigenvalue weighted by Gasteiger charge is 2.22. The minimum Gasteiger partial charge on any atom is -0.478 e. The summed E-state index contributed by atoms with van der Waals surface area (Å²) in [5, 5.41) is 13.8. The Balaban J connectivity index is 2.05. The van der Waals surface area contributed by atoms with Crippen molar-refractivity contribution in [3.05, 3.63) is 42.1 Å². The van der Waals surface area contributed by atoms with Gasteiger partial charge in [-0.05, 0) is 12.8 Å². The normalized spacial score (nSPS) is 15.8. The van der Waals surface area contributed by atoms with Crippen molar-refractivity contribution in [1.29, 1.82) is 0 Å². The van der Waals surface area contributed by atoms with E-state index in [0.717, 1.165) is 18.4 Å². The third-order valence-electron chi connectivity index (χ3n) is 3.71. The molecule has 0 unspecified atom stereocenters. The van der Waals surface area contributed by atoms with Crippen LogP contribution in [0, 0.1) is 0 Å². The first kappa shape index (κ1) is 12.0. The molecule has 0 atom stereocenters. The molecule has 1 saturated carbocycles. The van der Waals surface area contributed by atoms with Crippen LogP contribution in [0.15, 0.2) is 36.5 Å². The van der Waals surface area contributed by atoms with Gasteiger partial charge in [0, 0.05) is 11.8 Å². The SMILES string of the molecule is O=C(O)c1cn(C2CCCC2)nc1-c1ccccc1. The van der Waals surface area contributed by atoms with E-state index in [1.165, 1.54) is 12.8 Å². The molecule has 0 radical (unpaired) electrons. The highest BCUT2D eigenvalue weighted by Crippen LogP contribution is 2.31. The molecular formula is C15H16N2O2. The fourth-order valence-electron chi connectivity index (χ4n) is 2.71.